The molecule has 1 fully saturated rings. The van der Waals surface area contributed by atoms with Crippen LogP contribution in [0.15, 0.2) is 36.5 Å². The van der Waals surface area contributed by atoms with Gasteiger partial charge >= 0.3 is 0 Å². The van der Waals surface area contributed by atoms with Crippen molar-refractivity contribution in [3.05, 3.63) is 47.2 Å². The van der Waals surface area contributed by atoms with E-state index in [4.69, 9.17) is 11.6 Å². The molecule has 3 rings (SSSR count). The van der Waals surface area contributed by atoms with Crippen LogP contribution in [0.2, 0.25) is 5.02 Å². The zero-order valence-corrected chi connectivity index (χ0v) is 14.2. The van der Waals surface area contributed by atoms with Gasteiger partial charge in [-0.05, 0) is 30.7 Å². The van der Waals surface area contributed by atoms with Gasteiger partial charge in [-0.3, -0.25) is 9.59 Å². The SMILES string of the molecule is CCC[C@@H]1C(=O)NCCN1C(=O)c1ccn(-c2cccc(Cl)c2)n1. The van der Waals surface area contributed by atoms with Gasteiger partial charge in [0.1, 0.15) is 6.04 Å². The summed E-state index contributed by atoms with van der Waals surface area (Å²) in [5.74, 6) is -0.310. The average molecular weight is 347 g/mol. The fourth-order valence-electron chi connectivity index (χ4n) is 2.87. The van der Waals surface area contributed by atoms with Crippen LogP contribution in [0, 0.1) is 0 Å². The lowest BCUT2D eigenvalue weighted by Gasteiger charge is -2.34. The lowest BCUT2D eigenvalue weighted by Crippen LogP contribution is -2.57. The maximum Gasteiger partial charge on any atom is 0.275 e. The van der Waals surface area contributed by atoms with E-state index in [9.17, 15) is 9.59 Å². The minimum Gasteiger partial charge on any atom is -0.353 e. The minimum absolute atomic E-state index is 0.0919. The second-order valence-electron chi connectivity index (χ2n) is 5.72. The maximum absolute atomic E-state index is 12.8. The molecule has 1 atom stereocenters. The molecule has 1 aromatic heterocycles. The number of halogens is 1. The quantitative estimate of drug-likeness (QED) is 0.923. The van der Waals surface area contributed by atoms with E-state index in [0.29, 0.717) is 30.2 Å². The van der Waals surface area contributed by atoms with E-state index in [2.05, 4.69) is 10.4 Å². The number of nitrogens with zero attached hydrogens (tertiary/aromatic N) is 3. The van der Waals surface area contributed by atoms with E-state index in [1.807, 2.05) is 19.1 Å². The summed E-state index contributed by atoms with van der Waals surface area (Å²) in [5.41, 5.74) is 1.11. The fraction of sp³-hybridized carbons (Fsp3) is 0.353. The Kier molecular flexibility index (Phi) is 4.85. The number of amides is 2. The van der Waals surface area contributed by atoms with E-state index in [1.54, 1.807) is 34.0 Å². The first-order valence-corrected chi connectivity index (χ1v) is 8.38. The Bertz CT molecular complexity index is 759. The molecule has 2 amide bonds. The maximum atomic E-state index is 12.8. The van der Waals surface area contributed by atoms with Crippen LogP contribution in [0.25, 0.3) is 5.69 Å². The number of rotatable bonds is 4. The molecule has 126 valence electrons. The summed E-state index contributed by atoms with van der Waals surface area (Å²) in [6.07, 6.45) is 3.20. The molecule has 1 N–H and O–H groups in total. The molecule has 0 bridgehead atoms. The van der Waals surface area contributed by atoms with Crippen LogP contribution in [-0.4, -0.2) is 45.6 Å². The second kappa shape index (κ2) is 7.05. The first kappa shape index (κ1) is 16.5. The smallest absolute Gasteiger partial charge is 0.275 e. The Morgan fingerprint density at radius 2 is 2.25 bits per heavy atom. The molecule has 0 aliphatic carbocycles. The molecule has 1 aromatic carbocycles. The number of hydrogen-bond acceptors (Lipinski definition) is 3. The predicted molar refractivity (Wildman–Crippen MR) is 91.3 cm³/mol. The van der Waals surface area contributed by atoms with Gasteiger partial charge in [-0.15, -0.1) is 0 Å². The summed E-state index contributed by atoms with van der Waals surface area (Å²) >= 11 is 6.00. The van der Waals surface area contributed by atoms with Crippen LogP contribution in [-0.2, 0) is 4.79 Å². The predicted octanol–water partition coefficient (Wildman–Crippen LogP) is 2.27. The topological polar surface area (TPSA) is 67.2 Å². The standard InChI is InChI=1S/C17H19ClN4O2/c1-2-4-15-16(23)19-8-10-21(15)17(24)14-7-9-22(20-14)13-6-3-5-12(18)11-13/h3,5-7,9,11,15H,2,4,8,10H2,1H3,(H,19,23)/t15-/m1/s1. The highest BCUT2D eigenvalue weighted by atomic mass is 35.5. The van der Waals surface area contributed by atoms with Crippen molar-refractivity contribution in [3.63, 3.8) is 0 Å². The van der Waals surface area contributed by atoms with E-state index in [0.717, 1.165) is 12.1 Å². The van der Waals surface area contributed by atoms with E-state index >= 15 is 0 Å². The molecule has 7 heteroatoms. The van der Waals surface area contributed by atoms with Crippen molar-refractivity contribution >= 4 is 23.4 Å². The van der Waals surface area contributed by atoms with E-state index in [-0.39, 0.29) is 11.8 Å². The number of carbonyl (C=O) groups excluding carboxylic acids is 2. The number of hydrogen-bond donors (Lipinski definition) is 1. The second-order valence-corrected chi connectivity index (χ2v) is 6.16. The molecule has 6 nitrogen and oxygen atoms in total. The molecule has 0 spiro atoms. The lowest BCUT2D eigenvalue weighted by atomic mass is 10.1. The van der Waals surface area contributed by atoms with Gasteiger partial charge in [-0.25, -0.2) is 4.68 Å². The Balaban J connectivity index is 1.83. The van der Waals surface area contributed by atoms with E-state index in [1.165, 1.54) is 0 Å². The minimum atomic E-state index is -0.424. The van der Waals surface area contributed by atoms with Crippen LogP contribution in [0.4, 0.5) is 0 Å². The summed E-state index contributed by atoms with van der Waals surface area (Å²) in [4.78, 5) is 26.5. The van der Waals surface area contributed by atoms with Gasteiger partial charge in [0, 0.05) is 24.3 Å². The highest BCUT2D eigenvalue weighted by Crippen LogP contribution is 2.17. The molecule has 2 aromatic rings. The Hall–Kier alpha value is -2.34. The monoisotopic (exact) mass is 346 g/mol. The van der Waals surface area contributed by atoms with Crippen LogP contribution in [0.3, 0.4) is 0 Å². The normalized spacial score (nSPS) is 17.7. The van der Waals surface area contributed by atoms with Gasteiger partial charge in [0.25, 0.3) is 5.91 Å². The average Bonchev–Trinajstić information content (AvgIpc) is 3.06. The Labute approximate surface area is 145 Å². The van der Waals surface area contributed by atoms with Gasteiger partial charge in [0.2, 0.25) is 5.91 Å². The molecule has 0 saturated carbocycles. The zero-order chi connectivity index (χ0) is 17.1. The Morgan fingerprint density at radius 3 is 3.00 bits per heavy atom. The van der Waals surface area contributed by atoms with Crippen LogP contribution in [0.1, 0.15) is 30.3 Å². The van der Waals surface area contributed by atoms with Crippen molar-refractivity contribution in [1.82, 2.24) is 20.0 Å². The number of benzene rings is 1. The van der Waals surface area contributed by atoms with Gasteiger partial charge in [0.15, 0.2) is 5.69 Å². The summed E-state index contributed by atoms with van der Waals surface area (Å²) in [6.45, 7) is 2.97. The van der Waals surface area contributed by atoms with Crippen molar-refractivity contribution in [2.24, 2.45) is 0 Å². The molecule has 1 aliphatic heterocycles. The number of piperazine rings is 1. The summed E-state index contributed by atoms with van der Waals surface area (Å²) in [6, 6.07) is 8.49. The third-order valence-corrected chi connectivity index (χ3v) is 4.27. The number of nitrogens with one attached hydrogen (secondary N) is 1. The van der Waals surface area contributed by atoms with Crippen LogP contribution < -0.4 is 5.32 Å². The molecule has 2 heterocycles. The van der Waals surface area contributed by atoms with Gasteiger partial charge in [-0.1, -0.05) is 31.0 Å². The highest BCUT2D eigenvalue weighted by Gasteiger charge is 2.33. The highest BCUT2D eigenvalue weighted by molar-refractivity contribution is 6.30. The van der Waals surface area contributed by atoms with E-state index < -0.39 is 6.04 Å². The first-order valence-electron chi connectivity index (χ1n) is 8.00. The van der Waals surface area contributed by atoms with Crippen molar-refractivity contribution in [2.75, 3.05) is 13.1 Å². The zero-order valence-electron chi connectivity index (χ0n) is 13.4. The number of carbonyl (C=O) groups is 2. The van der Waals surface area contributed by atoms with Crippen LogP contribution in [0.5, 0.6) is 0 Å². The number of aromatic nitrogens is 2. The Morgan fingerprint density at radius 1 is 1.42 bits per heavy atom. The van der Waals surface area contributed by atoms with Crippen molar-refractivity contribution in [1.29, 1.82) is 0 Å². The molecule has 1 saturated heterocycles. The van der Waals surface area contributed by atoms with Crippen molar-refractivity contribution < 1.29 is 9.59 Å². The molecule has 0 radical (unpaired) electrons. The lowest BCUT2D eigenvalue weighted by molar-refractivity contribution is -0.128. The van der Waals surface area contributed by atoms with Gasteiger partial charge < -0.3 is 10.2 Å². The molecular weight excluding hydrogens is 328 g/mol. The largest absolute Gasteiger partial charge is 0.353 e. The summed E-state index contributed by atoms with van der Waals surface area (Å²) < 4.78 is 1.61. The first-order chi connectivity index (χ1) is 11.6. The fourth-order valence-corrected chi connectivity index (χ4v) is 3.05. The summed E-state index contributed by atoms with van der Waals surface area (Å²) in [7, 11) is 0. The van der Waals surface area contributed by atoms with Gasteiger partial charge in [0.05, 0.1) is 5.69 Å². The van der Waals surface area contributed by atoms with Crippen molar-refractivity contribution in [2.45, 2.75) is 25.8 Å². The van der Waals surface area contributed by atoms with Crippen molar-refractivity contribution in [3.8, 4) is 5.69 Å². The molecular formula is C17H19ClN4O2. The molecule has 0 unspecified atom stereocenters. The molecule has 24 heavy (non-hydrogen) atoms. The molecule has 1 aliphatic rings. The third-order valence-electron chi connectivity index (χ3n) is 4.03. The van der Waals surface area contributed by atoms with Crippen LogP contribution >= 0.6 is 11.6 Å². The summed E-state index contributed by atoms with van der Waals surface area (Å²) in [5, 5.41) is 7.77. The third kappa shape index (κ3) is 3.28. The van der Waals surface area contributed by atoms with Gasteiger partial charge in [-0.2, -0.15) is 5.10 Å².